The van der Waals surface area contributed by atoms with E-state index in [4.69, 9.17) is 0 Å². The van der Waals surface area contributed by atoms with Crippen molar-refractivity contribution >= 4 is 0 Å². The monoisotopic (exact) mass is 267 g/mol. The molecular weight excluding hydrogens is 234 g/mol. The molecular formula is C16H33N3. The minimum atomic E-state index is 0.557. The van der Waals surface area contributed by atoms with Gasteiger partial charge in [0.1, 0.15) is 0 Å². The summed E-state index contributed by atoms with van der Waals surface area (Å²) in [4.78, 5) is 5.35. The predicted molar refractivity (Wildman–Crippen MR) is 82.6 cm³/mol. The molecule has 0 radical (unpaired) electrons. The molecule has 3 heteroatoms. The lowest BCUT2D eigenvalue weighted by Crippen LogP contribution is -2.56. The van der Waals surface area contributed by atoms with Crippen LogP contribution in [0.3, 0.4) is 0 Å². The largest absolute Gasteiger partial charge is 0.316 e. The first-order chi connectivity index (χ1) is 9.19. The highest BCUT2D eigenvalue weighted by Gasteiger charge is 2.34. The zero-order valence-electron chi connectivity index (χ0n) is 13.2. The molecule has 1 N–H and O–H groups in total. The summed E-state index contributed by atoms with van der Waals surface area (Å²) in [5.41, 5.74) is 0.557. The summed E-state index contributed by atoms with van der Waals surface area (Å²) in [5, 5.41) is 3.64. The molecule has 0 amide bonds. The normalized spacial score (nSPS) is 34.6. The van der Waals surface area contributed by atoms with Gasteiger partial charge in [0, 0.05) is 38.8 Å². The Labute approximate surface area is 119 Å². The number of nitrogens with one attached hydrogen (secondary N) is 1. The number of likely N-dealkylation sites (N-methyl/N-ethyl adjacent to an activating group) is 1. The van der Waals surface area contributed by atoms with Crippen LogP contribution >= 0.6 is 0 Å². The van der Waals surface area contributed by atoms with Crippen molar-refractivity contribution in [1.82, 2.24) is 15.1 Å². The summed E-state index contributed by atoms with van der Waals surface area (Å²) < 4.78 is 0. The third-order valence-electron chi connectivity index (χ3n) is 5.16. The van der Waals surface area contributed by atoms with Crippen molar-refractivity contribution in [3.8, 4) is 0 Å². The fourth-order valence-corrected chi connectivity index (χ4v) is 4.15. The summed E-state index contributed by atoms with van der Waals surface area (Å²) in [6, 6.07) is 0.731. The Balaban J connectivity index is 1.90. The van der Waals surface area contributed by atoms with Crippen molar-refractivity contribution in [1.29, 1.82) is 0 Å². The third kappa shape index (κ3) is 3.93. The molecule has 0 aromatic heterocycles. The first kappa shape index (κ1) is 15.3. The van der Waals surface area contributed by atoms with E-state index >= 15 is 0 Å². The molecule has 0 aromatic carbocycles. The van der Waals surface area contributed by atoms with Crippen LogP contribution in [0.15, 0.2) is 0 Å². The number of rotatable bonds is 5. The Morgan fingerprint density at radius 1 is 1.26 bits per heavy atom. The highest BCUT2D eigenvalue weighted by Crippen LogP contribution is 2.33. The van der Waals surface area contributed by atoms with Gasteiger partial charge in [-0.2, -0.15) is 0 Å². The number of piperazine rings is 1. The third-order valence-corrected chi connectivity index (χ3v) is 5.16. The molecule has 2 saturated heterocycles. The first-order valence-corrected chi connectivity index (χ1v) is 8.36. The Morgan fingerprint density at radius 2 is 2.11 bits per heavy atom. The van der Waals surface area contributed by atoms with E-state index in [0.29, 0.717) is 5.41 Å². The van der Waals surface area contributed by atoms with Crippen LogP contribution in [0.2, 0.25) is 0 Å². The summed E-state index contributed by atoms with van der Waals surface area (Å²) >= 11 is 0. The maximum absolute atomic E-state index is 3.64. The van der Waals surface area contributed by atoms with Crippen LogP contribution in [0.25, 0.3) is 0 Å². The minimum absolute atomic E-state index is 0.557. The molecule has 0 spiro atoms. The zero-order chi connectivity index (χ0) is 13.7. The van der Waals surface area contributed by atoms with Gasteiger partial charge in [-0.3, -0.25) is 9.80 Å². The Morgan fingerprint density at radius 3 is 2.68 bits per heavy atom. The molecule has 0 aromatic rings. The molecule has 2 aliphatic heterocycles. The van der Waals surface area contributed by atoms with Gasteiger partial charge in [0.05, 0.1) is 0 Å². The molecule has 0 bridgehead atoms. The number of hydrogen-bond acceptors (Lipinski definition) is 3. The fourth-order valence-electron chi connectivity index (χ4n) is 4.15. The zero-order valence-corrected chi connectivity index (χ0v) is 13.2. The molecule has 3 nitrogen and oxygen atoms in total. The van der Waals surface area contributed by atoms with Gasteiger partial charge >= 0.3 is 0 Å². The molecule has 112 valence electrons. The summed E-state index contributed by atoms with van der Waals surface area (Å²) in [7, 11) is 0. The Bertz CT molecular complexity index is 255. The van der Waals surface area contributed by atoms with Gasteiger partial charge in [-0.1, -0.05) is 20.3 Å². The molecule has 2 aliphatic rings. The van der Waals surface area contributed by atoms with E-state index in [1.165, 1.54) is 71.5 Å². The van der Waals surface area contributed by atoms with Crippen LogP contribution < -0.4 is 5.32 Å². The van der Waals surface area contributed by atoms with Crippen LogP contribution in [0.1, 0.15) is 46.5 Å². The van der Waals surface area contributed by atoms with E-state index in [2.05, 4.69) is 35.9 Å². The summed E-state index contributed by atoms with van der Waals surface area (Å²) in [5.74, 6) is 0. The van der Waals surface area contributed by atoms with E-state index < -0.39 is 0 Å². The van der Waals surface area contributed by atoms with Crippen molar-refractivity contribution in [2.75, 3.05) is 45.8 Å². The van der Waals surface area contributed by atoms with Gasteiger partial charge in [0.25, 0.3) is 0 Å². The molecule has 19 heavy (non-hydrogen) atoms. The van der Waals surface area contributed by atoms with E-state index in [9.17, 15) is 0 Å². The second-order valence-electron chi connectivity index (χ2n) is 6.74. The second kappa shape index (κ2) is 7.05. The van der Waals surface area contributed by atoms with Gasteiger partial charge in [-0.05, 0) is 44.7 Å². The highest BCUT2D eigenvalue weighted by atomic mass is 15.3. The lowest BCUT2D eigenvalue weighted by atomic mass is 9.76. The number of hydrogen-bond donors (Lipinski definition) is 1. The minimum Gasteiger partial charge on any atom is -0.316 e. The SMILES string of the molecule is CCCC1(CN2CCN(CC)C(C)C2)CCCNC1. The maximum atomic E-state index is 3.64. The average Bonchev–Trinajstić information content (AvgIpc) is 2.40. The van der Waals surface area contributed by atoms with Crippen molar-refractivity contribution in [3.05, 3.63) is 0 Å². The highest BCUT2D eigenvalue weighted by molar-refractivity contribution is 4.90. The number of nitrogens with zero attached hydrogens (tertiary/aromatic N) is 2. The smallest absolute Gasteiger partial charge is 0.0195 e. The van der Waals surface area contributed by atoms with Gasteiger partial charge in [0.15, 0.2) is 0 Å². The Hall–Kier alpha value is -0.120. The lowest BCUT2D eigenvalue weighted by molar-refractivity contribution is 0.0399. The van der Waals surface area contributed by atoms with Gasteiger partial charge < -0.3 is 5.32 Å². The Kier molecular flexibility index (Phi) is 5.67. The van der Waals surface area contributed by atoms with Crippen LogP contribution in [-0.4, -0.2) is 61.7 Å². The predicted octanol–water partition coefficient (Wildman–Crippen LogP) is 2.18. The van der Waals surface area contributed by atoms with Crippen LogP contribution in [-0.2, 0) is 0 Å². The topological polar surface area (TPSA) is 18.5 Å². The molecule has 2 heterocycles. The average molecular weight is 267 g/mol. The lowest BCUT2D eigenvalue weighted by Gasteiger charge is -2.46. The molecule has 2 rings (SSSR count). The van der Waals surface area contributed by atoms with Crippen molar-refractivity contribution in [3.63, 3.8) is 0 Å². The molecule has 0 aliphatic carbocycles. The second-order valence-corrected chi connectivity index (χ2v) is 6.74. The number of piperidine rings is 1. The quantitative estimate of drug-likeness (QED) is 0.824. The van der Waals surface area contributed by atoms with Crippen LogP contribution in [0.5, 0.6) is 0 Å². The van der Waals surface area contributed by atoms with Crippen LogP contribution in [0, 0.1) is 5.41 Å². The van der Waals surface area contributed by atoms with Gasteiger partial charge in [0.2, 0.25) is 0 Å². The first-order valence-electron chi connectivity index (χ1n) is 8.36. The fraction of sp³-hybridized carbons (Fsp3) is 1.00. The van der Waals surface area contributed by atoms with Gasteiger partial charge in [-0.25, -0.2) is 0 Å². The maximum Gasteiger partial charge on any atom is 0.0195 e. The van der Waals surface area contributed by atoms with Crippen molar-refractivity contribution in [2.45, 2.75) is 52.5 Å². The molecule has 2 atom stereocenters. The van der Waals surface area contributed by atoms with E-state index in [1.807, 2.05) is 0 Å². The van der Waals surface area contributed by atoms with E-state index in [0.717, 1.165) is 6.04 Å². The summed E-state index contributed by atoms with van der Waals surface area (Å²) in [6.45, 7) is 15.8. The summed E-state index contributed by atoms with van der Waals surface area (Å²) in [6.07, 6.45) is 5.51. The van der Waals surface area contributed by atoms with Crippen molar-refractivity contribution < 1.29 is 0 Å². The molecule has 0 saturated carbocycles. The standard InChI is InChI=1S/C16H33N3/c1-4-7-16(8-6-9-17-13-16)14-18-10-11-19(5-2)15(3)12-18/h15,17H,4-14H2,1-3H3. The van der Waals surface area contributed by atoms with E-state index in [-0.39, 0.29) is 0 Å². The molecule has 2 fully saturated rings. The van der Waals surface area contributed by atoms with Crippen LogP contribution in [0.4, 0.5) is 0 Å². The molecule has 2 unspecified atom stereocenters. The van der Waals surface area contributed by atoms with Crippen molar-refractivity contribution in [2.24, 2.45) is 5.41 Å². The van der Waals surface area contributed by atoms with E-state index in [1.54, 1.807) is 0 Å². The van der Waals surface area contributed by atoms with Gasteiger partial charge in [-0.15, -0.1) is 0 Å².